The first-order valence-electron chi connectivity index (χ1n) is 9.53. The van der Waals surface area contributed by atoms with Gasteiger partial charge in [-0.15, -0.1) is 10.2 Å². The number of Topliss-reactive ketones (excluding diaryl/α,β-unsaturated/α-hetero) is 1. The van der Waals surface area contributed by atoms with Crippen LogP contribution in [-0.4, -0.2) is 33.4 Å². The van der Waals surface area contributed by atoms with Crippen LogP contribution < -0.4 is 4.74 Å². The monoisotopic (exact) mass is 415 g/mol. The van der Waals surface area contributed by atoms with Crippen LogP contribution in [0.2, 0.25) is 0 Å². The van der Waals surface area contributed by atoms with Crippen LogP contribution >= 0.6 is 11.8 Å². The van der Waals surface area contributed by atoms with Gasteiger partial charge in [0.15, 0.2) is 16.8 Å². The fourth-order valence-electron chi connectivity index (χ4n) is 3.13. The first-order chi connectivity index (χ1) is 14.7. The SMILES string of the molecule is COc1ccc(C(=O)CSc2nnc(-c3cccc(C)c3)n2-c2ccccc2)cc1. The molecule has 0 bridgehead atoms. The smallest absolute Gasteiger partial charge is 0.196 e. The van der Waals surface area contributed by atoms with Crippen LogP contribution in [0.25, 0.3) is 17.1 Å². The Kier molecular flexibility index (Phi) is 5.95. The van der Waals surface area contributed by atoms with Gasteiger partial charge in [0.05, 0.1) is 12.9 Å². The van der Waals surface area contributed by atoms with Crippen LogP contribution in [0.15, 0.2) is 84.0 Å². The molecule has 0 N–H and O–H groups in total. The van der Waals surface area contributed by atoms with Gasteiger partial charge in [0.1, 0.15) is 5.75 Å². The van der Waals surface area contributed by atoms with Gasteiger partial charge in [0.25, 0.3) is 0 Å². The second-order valence-electron chi connectivity index (χ2n) is 6.79. The molecule has 0 aliphatic carbocycles. The summed E-state index contributed by atoms with van der Waals surface area (Å²) in [5, 5.41) is 9.52. The van der Waals surface area contributed by atoms with Gasteiger partial charge >= 0.3 is 0 Å². The van der Waals surface area contributed by atoms with Gasteiger partial charge in [0, 0.05) is 16.8 Å². The normalized spacial score (nSPS) is 10.7. The van der Waals surface area contributed by atoms with E-state index in [-0.39, 0.29) is 11.5 Å². The van der Waals surface area contributed by atoms with Gasteiger partial charge in [-0.3, -0.25) is 9.36 Å². The summed E-state index contributed by atoms with van der Waals surface area (Å²) in [6.45, 7) is 2.05. The molecule has 0 saturated carbocycles. The molecule has 0 radical (unpaired) electrons. The lowest BCUT2D eigenvalue weighted by molar-refractivity contribution is 0.102. The standard InChI is InChI=1S/C24H21N3O2S/c1-17-7-6-8-19(15-17)23-25-26-24(27(23)20-9-4-3-5-10-20)30-16-22(28)18-11-13-21(29-2)14-12-18/h3-15H,16H2,1-2H3. The minimum atomic E-state index is 0.0300. The average molecular weight is 416 g/mol. The van der Waals surface area contributed by atoms with Crippen LogP contribution in [0.5, 0.6) is 5.75 Å². The van der Waals surface area contributed by atoms with Gasteiger partial charge in [-0.25, -0.2) is 0 Å². The number of rotatable bonds is 7. The number of benzene rings is 3. The predicted molar refractivity (Wildman–Crippen MR) is 120 cm³/mol. The molecule has 0 saturated heterocycles. The second kappa shape index (κ2) is 8.97. The summed E-state index contributed by atoms with van der Waals surface area (Å²) in [5.41, 5.74) is 3.74. The molecule has 1 aromatic heterocycles. The number of ether oxygens (including phenoxy) is 1. The lowest BCUT2D eigenvalue weighted by Gasteiger charge is -2.10. The van der Waals surface area contributed by atoms with Crippen LogP contribution in [0.4, 0.5) is 0 Å². The minimum absolute atomic E-state index is 0.0300. The molecular formula is C24H21N3O2S. The van der Waals surface area contributed by atoms with Crippen molar-refractivity contribution < 1.29 is 9.53 Å². The van der Waals surface area contributed by atoms with Crippen molar-refractivity contribution in [2.45, 2.75) is 12.1 Å². The summed E-state index contributed by atoms with van der Waals surface area (Å²) in [6, 6.07) is 25.3. The van der Waals surface area contributed by atoms with Crippen LogP contribution in [0.1, 0.15) is 15.9 Å². The van der Waals surface area contributed by atoms with Gasteiger partial charge in [-0.2, -0.15) is 0 Å². The zero-order chi connectivity index (χ0) is 20.9. The fraction of sp³-hybridized carbons (Fsp3) is 0.125. The Morgan fingerprint density at radius 3 is 2.43 bits per heavy atom. The summed E-state index contributed by atoms with van der Waals surface area (Å²) < 4.78 is 7.16. The number of carbonyl (C=O) groups excluding carboxylic acids is 1. The Balaban J connectivity index is 1.64. The van der Waals surface area contributed by atoms with E-state index >= 15 is 0 Å². The molecule has 4 rings (SSSR count). The summed E-state index contributed by atoms with van der Waals surface area (Å²) >= 11 is 1.38. The molecule has 5 nitrogen and oxygen atoms in total. The first-order valence-corrected chi connectivity index (χ1v) is 10.5. The molecule has 0 aliphatic heterocycles. The molecule has 0 unspecified atom stereocenters. The van der Waals surface area contributed by atoms with E-state index in [1.807, 2.05) is 47.0 Å². The van der Waals surface area contributed by atoms with Crippen molar-refractivity contribution in [3.8, 4) is 22.8 Å². The third-order valence-corrected chi connectivity index (χ3v) is 5.60. The second-order valence-corrected chi connectivity index (χ2v) is 7.73. The largest absolute Gasteiger partial charge is 0.497 e. The van der Waals surface area contributed by atoms with Crippen LogP contribution in [0, 0.1) is 6.92 Å². The molecule has 0 fully saturated rings. The number of aromatic nitrogens is 3. The van der Waals surface area contributed by atoms with E-state index < -0.39 is 0 Å². The van der Waals surface area contributed by atoms with E-state index in [4.69, 9.17) is 4.74 Å². The minimum Gasteiger partial charge on any atom is -0.497 e. The number of para-hydroxylation sites is 1. The molecule has 150 valence electrons. The van der Waals surface area contributed by atoms with Crippen molar-refractivity contribution in [1.82, 2.24) is 14.8 Å². The maximum atomic E-state index is 12.7. The summed E-state index contributed by atoms with van der Waals surface area (Å²) in [5.74, 6) is 1.78. The molecule has 6 heteroatoms. The van der Waals surface area contributed by atoms with E-state index in [0.29, 0.717) is 10.7 Å². The molecule has 0 atom stereocenters. The highest BCUT2D eigenvalue weighted by Gasteiger charge is 2.18. The van der Waals surface area contributed by atoms with Crippen molar-refractivity contribution in [1.29, 1.82) is 0 Å². The van der Waals surface area contributed by atoms with E-state index in [2.05, 4.69) is 29.3 Å². The van der Waals surface area contributed by atoms with E-state index in [1.165, 1.54) is 11.8 Å². The molecule has 3 aromatic carbocycles. The van der Waals surface area contributed by atoms with Gasteiger partial charge in [-0.1, -0.05) is 53.7 Å². The lowest BCUT2D eigenvalue weighted by Crippen LogP contribution is -2.05. The summed E-state index contributed by atoms with van der Waals surface area (Å²) in [4.78, 5) is 12.7. The number of methoxy groups -OCH3 is 1. The number of carbonyl (C=O) groups is 1. The number of ketones is 1. The molecule has 0 spiro atoms. The Morgan fingerprint density at radius 1 is 0.967 bits per heavy atom. The topological polar surface area (TPSA) is 57.0 Å². The average Bonchev–Trinajstić information content (AvgIpc) is 3.22. The maximum Gasteiger partial charge on any atom is 0.196 e. The van der Waals surface area contributed by atoms with E-state index in [9.17, 15) is 4.79 Å². The Hall–Kier alpha value is -3.38. The quantitative estimate of drug-likeness (QED) is 0.306. The highest BCUT2D eigenvalue weighted by Crippen LogP contribution is 2.29. The number of thioether (sulfide) groups is 1. The summed E-state index contributed by atoms with van der Waals surface area (Å²) in [6.07, 6.45) is 0. The number of hydrogen-bond donors (Lipinski definition) is 0. The molecule has 1 heterocycles. The maximum absolute atomic E-state index is 12.7. The van der Waals surface area contributed by atoms with Gasteiger partial charge in [-0.05, 0) is 49.4 Å². The molecule has 30 heavy (non-hydrogen) atoms. The highest BCUT2D eigenvalue weighted by molar-refractivity contribution is 7.99. The fourth-order valence-corrected chi connectivity index (χ4v) is 3.98. The predicted octanol–water partition coefficient (Wildman–Crippen LogP) is 5.23. The zero-order valence-corrected chi connectivity index (χ0v) is 17.6. The highest BCUT2D eigenvalue weighted by atomic mass is 32.2. The van der Waals surface area contributed by atoms with Crippen LogP contribution in [0.3, 0.4) is 0 Å². The molecular weight excluding hydrogens is 394 g/mol. The van der Waals surface area contributed by atoms with Crippen LogP contribution in [-0.2, 0) is 0 Å². The Bertz CT molecular complexity index is 1150. The van der Waals surface area contributed by atoms with Crippen molar-refractivity contribution in [3.63, 3.8) is 0 Å². The Morgan fingerprint density at radius 2 is 1.73 bits per heavy atom. The van der Waals surface area contributed by atoms with E-state index in [0.717, 1.165) is 28.4 Å². The number of nitrogens with zero attached hydrogens (tertiary/aromatic N) is 3. The van der Waals surface area contributed by atoms with Crippen molar-refractivity contribution in [2.24, 2.45) is 0 Å². The van der Waals surface area contributed by atoms with Crippen molar-refractivity contribution in [2.75, 3.05) is 12.9 Å². The lowest BCUT2D eigenvalue weighted by atomic mass is 10.1. The Labute approximate surface area is 179 Å². The van der Waals surface area contributed by atoms with Gasteiger partial charge in [0.2, 0.25) is 0 Å². The van der Waals surface area contributed by atoms with Crippen molar-refractivity contribution >= 4 is 17.5 Å². The number of hydrogen-bond acceptors (Lipinski definition) is 5. The third-order valence-electron chi connectivity index (χ3n) is 4.67. The molecule has 0 aliphatic rings. The summed E-state index contributed by atoms with van der Waals surface area (Å²) in [7, 11) is 1.61. The van der Waals surface area contributed by atoms with Gasteiger partial charge < -0.3 is 4.74 Å². The molecule has 0 amide bonds. The third kappa shape index (κ3) is 4.28. The zero-order valence-electron chi connectivity index (χ0n) is 16.8. The molecule has 4 aromatic rings. The van der Waals surface area contributed by atoms with Crippen molar-refractivity contribution in [3.05, 3.63) is 90.0 Å². The van der Waals surface area contributed by atoms with E-state index in [1.54, 1.807) is 31.4 Å². The first kappa shape index (κ1) is 19.9. The number of aryl methyl sites for hydroxylation is 1.